The molecule has 3 heteroatoms. The summed E-state index contributed by atoms with van der Waals surface area (Å²) in [6, 6.07) is 3.11. The summed E-state index contributed by atoms with van der Waals surface area (Å²) < 4.78 is 12.6. The summed E-state index contributed by atoms with van der Waals surface area (Å²) in [5, 5.41) is 3.33. The Balaban J connectivity index is 2.06. The molecule has 0 radical (unpaired) electrons. The Hall–Kier alpha value is -1.12. The molecule has 0 atom stereocenters. The van der Waals surface area contributed by atoms with E-state index in [1.807, 2.05) is 0 Å². The zero-order valence-electron chi connectivity index (χ0n) is 8.55. The fraction of sp³-hybridized carbons (Fsp3) is 0.545. The zero-order chi connectivity index (χ0) is 10.2. The number of hydrogen-bond acceptors (Lipinski definition) is 2. The minimum absolute atomic E-state index is 0.0742. The fourth-order valence-corrected chi connectivity index (χ4v) is 1.69. The van der Waals surface area contributed by atoms with E-state index in [0.717, 1.165) is 11.7 Å². The molecule has 1 aliphatic carbocycles. The molecule has 1 fully saturated rings. The van der Waals surface area contributed by atoms with E-state index in [2.05, 4.69) is 24.1 Å². The fourth-order valence-electron chi connectivity index (χ4n) is 1.69. The third kappa shape index (κ3) is 2.03. The molecule has 76 valence electrons. The maximum absolute atomic E-state index is 12.6. The van der Waals surface area contributed by atoms with Crippen LogP contribution in [0.1, 0.15) is 26.7 Å². The van der Waals surface area contributed by atoms with E-state index >= 15 is 0 Å². The Labute approximate surface area is 83.6 Å². The molecule has 1 heterocycles. The Kier molecular flexibility index (Phi) is 2.17. The highest BCUT2D eigenvalue weighted by atomic mass is 19.1. The van der Waals surface area contributed by atoms with Crippen LogP contribution in [0.25, 0.3) is 0 Å². The van der Waals surface area contributed by atoms with Gasteiger partial charge in [-0.3, -0.25) is 0 Å². The molecule has 1 N–H and O–H groups in total. The molecule has 1 aliphatic rings. The second kappa shape index (κ2) is 3.23. The van der Waals surface area contributed by atoms with E-state index in [4.69, 9.17) is 0 Å². The predicted molar refractivity (Wildman–Crippen MR) is 54.6 cm³/mol. The molecular formula is C11H15FN2. The highest BCUT2D eigenvalue weighted by Crippen LogP contribution is 2.40. The minimum Gasteiger partial charge on any atom is -0.365 e. The lowest BCUT2D eigenvalue weighted by Crippen LogP contribution is -2.33. The first-order valence-electron chi connectivity index (χ1n) is 4.98. The van der Waals surface area contributed by atoms with Crippen molar-refractivity contribution in [3.8, 4) is 0 Å². The number of pyridine rings is 1. The molecule has 0 saturated heterocycles. The van der Waals surface area contributed by atoms with Crippen molar-refractivity contribution in [2.45, 2.75) is 32.2 Å². The van der Waals surface area contributed by atoms with Crippen molar-refractivity contribution < 1.29 is 4.39 Å². The number of anilines is 1. The molecule has 1 aromatic rings. The molecule has 0 unspecified atom stereocenters. The third-order valence-electron chi connectivity index (χ3n) is 2.78. The summed E-state index contributed by atoms with van der Waals surface area (Å²) in [6.45, 7) is 4.32. The van der Waals surface area contributed by atoms with Crippen LogP contribution >= 0.6 is 0 Å². The summed E-state index contributed by atoms with van der Waals surface area (Å²) >= 11 is 0. The number of nitrogens with zero attached hydrogens (tertiary/aromatic N) is 1. The largest absolute Gasteiger partial charge is 0.365 e. The van der Waals surface area contributed by atoms with Crippen LogP contribution in [0.2, 0.25) is 0 Å². The van der Waals surface area contributed by atoms with E-state index in [0.29, 0.717) is 0 Å². The van der Waals surface area contributed by atoms with Gasteiger partial charge in [-0.1, -0.05) is 0 Å². The molecule has 0 aromatic carbocycles. The lowest BCUT2D eigenvalue weighted by molar-refractivity contribution is 0.492. The van der Waals surface area contributed by atoms with Crippen molar-refractivity contribution in [1.82, 2.24) is 4.98 Å². The van der Waals surface area contributed by atoms with Crippen molar-refractivity contribution >= 4 is 5.82 Å². The minimum atomic E-state index is -0.292. The molecule has 0 spiro atoms. The van der Waals surface area contributed by atoms with Crippen LogP contribution in [-0.4, -0.2) is 10.5 Å². The monoisotopic (exact) mass is 194 g/mol. The van der Waals surface area contributed by atoms with Gasteiger partial charge in [0, 0.05) is 5.54 Å². The highest BCUT2D eigenvalue weighted by Gasteiger charge is 2.37. The first-order valence-corrected chi connectivity index (χ1v) is 4.98. The number of rotatable bonds is 3. The smallest absolute Gasteiger partial charge is 0.141 e. The van der Waals surface area contributed by atoms with Gasteiger partial charge in [0.1, 0.15) is 11.6 Å². The van der Waals surface area contributed by atoms with Gasteiger partial charge in [0.05, 0.1) is 6.20 Å². The molecule has 0 aliphatic heterocycles. The van der Waals surface area contributed by atoms with Gasteiger partial charge in [0.15, 0.2) is 0 Å². The summed E-state index contributed by atoms with van der Waals surface area (Å²) in [4.78, 5) is 3.99. The van der Waals surface area contributed by atoms with E-state index in [1.165, 1.54) is 25.1 Å². The van der Waals surface area contributed by atoms with Gasteiger partial charge >= 0.3 is 0 Å². The van der Waals surface area contributed by atoms with Crippen LogP contribution < -0.4 is 5.32 Å². The van der Waals surface area contributed by atoms with E-state index in [1.54, 1.807) is 6.07 Å². The van der Waals surface area contributed by atoms with Crippen LogP contribution in [0, 0.1) is 11.7 Å². The quantitative estimate of drug-likeness (QED) is 0.800. The number of halogens is 1. The van der Waals surface area contributed by atoms with Gasteiger partial charge < -0.3 is 5.32 Å². The molecule has 0 bridgehead atoms. The van der Waals surface area contributed by atoms with Gasteiger partial charge in [0.25, 0.3) is 0 Å². The Morgan fingerprint density at radius 1 is 1.43 bits per heavy atom. The zero-order valence-corrected chi connectivity index (χ0v) is 8.55. The summed E-state index contributed by atoms with van der Waals surface area (Å²) in [5.41, 5.74) is 0.0742. The standard InChI is InChI=1S/C11H15FN2/c1-11(2,8-3-4-8)14-10-6-5-9(12)7-13-10/h5-8H,3-4H2,1-2H3,(H,13,14). The number of aromatic nitrogens is 1. The normalized spacial score (nSPS) is 16.8. The van der Waals surface area contributed by atoms with Crippen LogP contribution in [0.5, 0.6) is 0 Å². The maximum Gasteiger partial charge on any atom is 0.141 e. The summed E-state index contributed by atoms with van der Waals surface area (Å²) in [7, 11) is 0. The van der Waals surface area contributed by atoms with Gasteiger partial charge in [-0.05, 0) is 44.7 Å². The van der Waals surface area contributed by atoms with Crippen molar-refractivity contribution in [2.75, 3.05) is 5.32 Å². The van der Waals surface area contributed by atoms with Crippen molar-refractivity contribution in [2.24, 2.45) is 5.92 Å². The average Bonchev–Trinajstić information content (AvgIpc) is 2.91. The topological polar surface area (TPSA) is 24.9 Å². The number of nitrogens with one attached hydrogen (secondary N) is 1. The molecule has 0 amide bonds. The van der Waals surface area contributed by atoms with Crippen LogP contribution in [0.3, 0.4) is 0 Å². The summed E-state index contributed by atoms with van der Waals surface area (Å²) in [5.74, 6) is 1.19. The lowest BCUT2D eigenvalue weighted by Gasteiger charge is -2.26. The van der Waals surface area contributed by atoms with E-state index in [9.17, 15) is 4.39 Å². The molecule has 2 nitrogen and oxygen atoms in total. The van der Waals surface area contributed by atoms with Crippen LogP contribution in [0.4, 0.5) is 10.2 Å². The van der Waals surface area contributed by atoms with Crippen LogP contribution in [0.15, 0.2) is 18.3 Å². The first kappa shape index (κ1) is 9.44. The maximum atomic E-state index is 12.6. The predicted octanol–water partition coefficient (Wildman–Crippen LogP) is 2.82. The average molecular weight is 194 g/mol. The molecule has 1 saturated carbocycles. The molecule has 2 rings (SSSR count). The van der Waals surface area contributed by atoms with Crippen molar-refractivity contribution in [3.05, 3.63) is 24.1 Å². The van der Waals surface area contributed by atoms with Crippen molar-refractivity contribution in [1.29, 1.82) is 0 Å². The van der Waals surface area contributed by atoms with E-state index < -0.39 is 0 Å². The number of hydrogen-bond donors (Lipinski definition) is 1. The van der Waals surface area contributed by atoms with Gasteiger partial charge in [-0.25, -0.2) is 9.37 Å². The van der Waals surface area contributed by atoms with E-state index in [-0.39, 0.29) is 11.4 Å². The summed E-state index contributed by atoms with van der Waals surface area (Å²) in [6.07, 6.45) is 3.80. The first-order chi connectivity index (χ1) is 6.58. The molecule has 1 aromatic heterocycles. The molecule has 14 heavy (non-hydrogen) atoms. The third-order valence-corrected chi connectivity index (χ3v) is 2.78. The van der Waals surface area contributed by atoms with Gasteiger partial charge in [0.2, 0.25) is 0 Å². The Morgan fingerprint density at radius 3 is 2.64 bits per heavy atom. The SMILES string of the molecule is CC(C)(Nc1ccc(F)cn1)C1CC1. The lowest BCUT2D eigenvalue weighted by atomic mass is 9.99. The van der Waals surface area contributed by atoms with Crippen LogP contribution in [-0.2, 0) is 0 Å². The second-order valence-corrected chi connectivity index (χ2v) is 4.48. The van der Waals surface area contributed by atoms with Gasteiger partial charge in [-0.2, -0.15) is 0 Å². The van der Waals surface area contributed by atoms with Crippen molar-refractivity contribution in [3.63, 3.8) is 0 Å². The Bertz CT molecular complexity index is 315. The Morgan fingerprint density at radius 2 is 2.14 bits per heavy atom. The van der Waals surface area contributed by atoms with Gasteiger partial charge in [-0.15, -0.1) is 0 Å². The molecular weight excluding hydrogens is 179 g/mol. The second-order valence-electron chi connectivity index (χ2n) is 4.48. The highest BCUT2D eigenvalue weighted by molar-refractivity contribution is 5.37.